The van der Waals surface area contributed by atoms with Gasteiger partial charge in [0.05, 0.1) is 19.3 Å². The van der Waals surface area contributed by atoms with E-state index >= 15 is 0 Å². The van der Waals surface area contributed by atoms with Crippen molar-refractivity contribution in [1.29, 1.82) is 0 Å². The van der Waals surface area contributed by atoms with Gasteiger partial charge in [-0.2, -0.15) is 12.6 Å². The van der Waals surface area contributed by atoms with Gasteiger partial charge in [-0.1, -0.05) is 24.3 Å². The third kappa shape index (κ3) is 3.00. The SMILES string of the molecule is OC(CS)C(O)c1ccc(C2OCCO2)cc1. The van der Waals surface area contributed by atoms with Gasteiger partial charge in [-0.25, -0.2) is 0 Å². The van der Waals surface area contributed by atoms with Crippen LogP contribution in [-0.4, -0.2) is 35.3 Å². The Balaban J connectivity index is 2.06. The third-order valence-corrected chi connectivity index (χ3v) is 3.10. The first kappa shape index (κ1) is 12.9. The summed E-state index contributed by atoms with van der Waals surface area (Å²) in [6.45, 7) is 1.21. The summed E-state index contributed by atoms with van der Waals surface area (Å²) in [6, 6.07) is 7.19. The normalized spacial score (nSPS) is 20.4. The van der Waals surface area contributed by atoms with E-state index in [-0.39, 0.29) is 12.0 Å². The number of rotatable bonds is 4. The Morgan fingerprint density at radius 3 is 2.29 bits per heavy atom. The maximum Gasteiger partial charge on any atom is 0.184 e. The van der Waals surface area contributed by atoms with E-state index in [0.717, 1.165) is 5.56 Å². The van der Waals surface area contributed by atoms with E-state index in [1.54, 1.807) is 12.1 Å². The van der Waals surface area contributed by atoms with Crippen LogP contribution in [0.5, 0.6) is 0 Å². The predicted molar refractivity (Wildman–Crippen MR) is 65.9 cm³/mol. The highest BCUT2D eigenvalue weighted by molar-refractivity contribution is 7.80. The lowest BCUT2D eigenvalue weighted by Crippen LogP contribution is -2.19. The molecule has 0 saturated carbocycles. The quantitative estimate of drug-likeness (QED) is 0.705. The Morgan fingerprint density at radius 1 is 1.18 bits per heavy atom. The molecule has 94 valence electrons. The zero-order chi connectivity index (χ0) is 12.3. The van der Waals surface area contributed by atoms with E-state index in [2.05, 4.69) is 12.6 Å². The first-order chi connectivity index (χ1) is 8.22. The van der Waals surface area contributed by atoms with Gasteiger partial charge >= 0.3 is 0 Å². The molecule has 0 spiro atoms. The van der Waals surface area contributed by atoms with E-state index in [0.29, 0.717) is 18.8 Å². The maximum absolute atomic E-state index is 9.78. The molecule has 1 fully saturated rings. The average molecular weight is 256 g/mol. The molecule has 5 heteroatoms. The van der Waals surface area contributed by atoms with Crippen LogP contribution in [0.4, 0.5) is 0 Å². The Labute approximate surface area is 106 Å². The molecule has 2 unspecified atom stereocenters. The lowest BCUT2D eigenvalue weighted by atomic mass is 10.0. The van der Waals surface area contributed by atoms with E-state index < -0.39 is 12.2 Å². The summed E-state index contributed by atoms with van der Waals surface area (Å²) in [5, 5.41) is 19.3. The second-order valence-corrected chi connectivity index (χ2v) is 4.30. The molecule has 0 amide bonds. The molecule has 0 aliphatic carbocycles. The summed E-state index contributed by atoms with van der Waals surface area (Å²) in [6.07, 6.45) is -2.08. The van der Waals surface area contributed by atoms with Crippen molar-refractivity contribution in [3.05, 3.63) is 35.4 Å². The van der Waals surface area contributed by atoms with Crippen molar-refractivity contribution < 1.29 is 19.7 Å². The highest BCUT2D eigenvalue weighted by Crippen LogP contribution is 2.25. The number of ether oxygens (including phenoxy) is 2. The highest BCUT2D eigenvalue weighted by atomic mass is 32.1. The monoisotopic (exact) mass is 256 g/mol. The Bertz CT molecular complexity index is 348. The second-order valence-electron chi connectivity index (χ2n) is 3.93. The number of thiol groups is 1. The Kier molecular flexibility index (Phi) is 4.42. The van der Waals surface area contributed by atoms with Crippen molar-refractivity contribution in [2.75, 3.05) is 19.0 Å². The molecular formula is C12H16O4S. The molecular weight excluding hydrogens is 240 g/mol. The summed E-state index contributed by atoms with van der Waals surface area (Å²) in [5.74, 6) is 0.220. The zero-order valence-electron chi connectivity index (χ0n) is 9.32. The van der Waals surface area contributed by atoms with Gasteiger partial charge < -0.3 is 19.7 Å². The summed E-state index contributed by atoms with van der Waals surface area (Å²) in [5.41, 5.74) is 1.58. The van der Waals surface area contributed by atoms with Crippen molar-refractivity contribution in [2.24, 2.45) is 0 Å². The lowest BCUT2D eigenvalue weighted by molar-refractivity contribution is -0.0441. The molecule has 1 saturated heterocycles. The van der Waals surface area contributed by atoms with Crippen LogP contribution >= 0.6 is 12.6 Å². The Hall–Kier alpha value is -0.590. The molecule has 2 N–H and O–H groups in total. The lowest BCUT2D eigenvalue weighted by Gasteiger charge is -2.17. The van der Waals surface area contributed by atoms with Crippen LogP contribution in [-0.2, 0) is 9.47 Å². The van der Waals surface area contributed by atoms with Crippen LogP contribution in [0, 0.1) is 0 Å². The van der Waals surface area contributed by atoms with Gasteiger partial charge in [0.1, 0.15) is 6.10 Å². The number of hydrogen-bond acceptors (Lipinski definition) is 5. The minimum absolute atomic E-state index is 0.220. The number of aliphatic hydroxyl groups excluding tert-OH is 2. The van der Waals surface area contributed by atoms with E-state index in [9.17, 15) is 10.2 Å². The number of hydrogen-bond donors (Lipinski definition) is 3. The molecule has 1 heterocycles. The molecule has 0 radical (unpaired) electrons. The van der Waals surface area contributed by atoms with Gasteiger partial charge in [-0.05, 0) is 5.56 Å². The largest absolute Gasteiger partial charge is 0.389 e. The molecule has 1 aromatic rings. The fraction of sp³-hybridized carbons (Fsp3) is 0.500. The molecule has 4 nitrogen and oxygen atoms in total. The highest BCUT2D eigenvalue weighted by Gasteiger charge is 2.20. The van der Waals surface area contributed by atoms with Crippen molar-refractivity contribution in [2.45, 2.75) is 18.5 Å². The summed E-state index contributed by atoms with van der Waals surface area (Å²) < 4.78 is 10.7. The molecule has 2 atom stereocenters. The van der Waals surface area contributed by atoms with Crippen molar-refractivity contribution in [3.8, 4) is 0 Å². The molecule has 17 heavy (non-hydrogen) atoms. The minimum atomic E-state index is -0.910. The Morgan fingerprint density at radius 2 is 1.76 bits per heavy atom. The number of aliphatic hydroxyl groups is 2. The topological polar surface area (TPSA) is 58.9 Å². The van der Waals surface area contributed by atoms with Gasteiger partial charge in [0.2, 0.25) is 0 Å². The van der Waals surface area contributed by atoms with Gasteiger partial charge in [-0.3, -0.25) is 0 Å². The standard InChI is InChI=1S/C12H16O4S/c13-10(7-17)11(14)8-1-3-9(4-2-8)12-15-5-6-16-12/h1-4,10-14,17H,5-7H2. The van der Waals surface area contributed by atoms with Gasteiger partial charge in [0.15, 0.2) is 6.29 Å². The van der Waals surface area contributed by atoms with Crippen molar-refractivity contribution >= 4 is 12.6 Å². The summed E-state index contributed by atoms with van der Waals surface area (Å²) in [7, 11) is 0. The van der Waals surface area contributed by atoms with Crippen molar-refractivity contribution in [3.63, 3.8) is 0 Å². The zero-order valence-corrected chi connectivity index (χ0v) is 10.2. The van der Waals surface area contributed by atoms with Crippen LogP contribution in [0.3, 0.4) is 0 Å². The van der Waals surface area contributed by atoms with Crippen LogP contribution in [0.15, 0.2) is 24.3 Å². The first-order valence-corrected chi connectivity index (χ1v) is 6.15. The molecule has 1 aromatic carbocycles. The second kappa shape index (κ2) is 5.84. The third-order valence-electron chi connectivity index (χ3n) is 2.72. The number of benzene rings is 1. The fourth-order valence-corrected chi connectivity index (χ4v) is 1.92. The molecule has 0 aromatic heterocycles. The molecule has 2 rings (SSSR count). The summed E-state index contributed by atoms with van der Waals surface area (Å²) >= 11 is 3.95. The average Bonchev–Trinajstić information content (AvgIpc) is 2.91. The van der Waals surface area contributed by atoms with Crippen LogP contribution < -0.4 is 0 Å². The predicted octanol–water partition coefficient (Wildman–Crippen LogP) is 1.06. The van der Waals surface area contributed by atoms with Crippen LogP contribution in [0.1, 0.15) is 23.5 Å². The van der Waals surface area contributed by atoms with Crippen LogP contribution in [0.25, 0.3) is 0 Å². The van der Waals surface area contributed by atoms with Crippen molar-refractivity contribution in [1.82, 2.24) is 0 Å². The smallest absolute Gasteiger partial charge is 0.184 e. The maximum atomic E-state index is 9.78. The van der Waals surface area contributed by atoms with Crippen LogP contribution in [0.2, 0.25) is 0 Å². The first-order valence-electron chi connectivity index (χ1n) is 5.52. The van der Waals surface area contributed by atoms with Gasteiger partial charge in [0, 0.05) is 11.3 Å². The van der Waals surface area contributed by atoms with E-state index in [1.165, 1.54) is 0 Å². The van der Waals surface area contributed by atoms with E-state index in [4.69, 9.17) is 9.47 Å². The minimum Gasteiger partial charge on any atom is -0.389 e. The fourth-order valence-electron chi connectivity index (χ4n) is 1.72. The molecule has 0 bridgehead atoms. The van der Waals surface area contributed by atoms with Gasteiger partial charge in [-0.15, -0.1) is 0 Å². The molecule has 1 aliphatic heterocycles. The van der Waals surface area contributed by atoms with E-state index in [1.807, 2.05) is 12.1 Å². The summed E-state index contributed by atoms with van der Waals surface area (Å²) in [4.78, 5) is 0. The van der Waals surface area contributed by atoms with Gasteiger partial charge in [0.25, 0.3) is 0 Å². The molecule has 1 aliphatic rings.